The lowest BCUT2D eigenvalue weighted by Gasteiger charge is -2.09. The molecule has 2 atom stereocenters. The van der Waals surface area contributed by atoms with Gasteiger partial charge in [-0.05, 0) is 24.1 Å². The number of nitrogens with two attached hydrogens (primary N) is 1. The largest absolute Gasteiger partial charge is 0.504 e. The van der Waals surface area contributed by atoms with E-state index in [1.54, 1.807) is 0 Å². The van der Waals surface area contributed by atoms with Crippen molar-refractivity contribution in [1.82, 2.24) is 0 Å². The van der Waals surface area contributed by atoms with Gasteiger partial charge in [-0.2, -0.15) is 0 Å². The predicted octanol–water partition coefficient (Wildman–Crippen LogP) is 0.141. The molecule has 1 rings (SSSR count). The lowest BCUT2D eigenvalue weighted by molar-refractivity contribution is -0.142. The fourth-order valence-corrected chi connectivity index (χ4v) is 0.987. The van der Waals surface area contributed by atoms with Gasteiger partial charge in [0.1, 0.15) is 6.02 Å². The first-order chi connectivity index (χ1) is 7.80. The number of carbonyl (C=O) groups excluding carboxylic acids is 1. The Hall–Kier alpha value is -1.75. The summed E-state index contributed by atoms with van der Waals surface area (Å²) in [4.78, 5) is 11.2. The molecule has 0 heterocycles. The first-order valence-corrected chi connectivity index (χ1v) is 4.12. The summed E-state index contributed by atoms with van der Waals surface area (Å²) in [5, 5.41) is 18.4. The van der Waals surface area contributed by atoms with E-state index in [4.69, 9.17) is 13.6 Å². The van der Waals surface area contributed by atoms with E-state index in [0.29, 0.717) is 0 Å². The highest BCUT2D eigenvalue weighted by molar-refractivity contribution is 5.75. The number of ether oxygens (including phenoxy) is 1. The van der Waals surface area contributed by atoms with Gasteiger partial charge in [0.2, 0.25) is 0 Å². The van der Waals surface area contributed by atoms with Crippen LogP contribution in [-0.4, -0.2) is 29.3 Å². The molecule has 0 aliphatic rings. The Labute approximate surface area is 89.9 Å². The molecule has 1 aromatic carbocycles. The van der Waals surface area contributed by atoms with Crippen LogP contribution in [0.3, 0.4) is 0 Å². The number of benzene rings is 1. The van der Waals surface area contributed by atoms with Crippen LogP contribution >= 0.6 is 0 Å². The minimum atomic E-state index is -2.28. The quantitative estimate of drug-likeness (QED) is 0.490. The number of carbonyl (C=O) groups is 1. The number of hydrogen-bond donors (Lipinski definition) is 3. The molecule has 82 valence electrons. The van der Waals surface area contributed by atoms with E-state index in [-0.39, 0.29) is 11.3 Å². The van der Waals surface area contributed by atoms with Crippen molar-refractivity contribution in [3.63, 3.8) is 0 Å². The van der Waals surface area contributed by atoms with Gasteiger partial charge in [0, 0.05) is 1.37 Å². The fraction of sp³-hybridized carbons (Fsp3) is 0.300. The van der Waals surface area contributed by atoms with Crippen molar-refractivity contribution in [2.45, 2.75) is 12.4 Å². The van der Waals surface area contributed by atoms with Gasteiger partial charge < -0.3 is 20.7 Å². The zero-order chi connectivity index (χ0) is 13.2. The summed E-state index contributed by atoms with van der Waals surface area (Å²) < 4.78 is 19.6. The Morgan fingerprint density at radius 3 is 2.87 bits per heavy atom. The van der Waals surface area contributed by atoms with E-state index in [0.717, 1.165) is 19.2 Å². The monoisotopic (exact) mass is 213 g/mol. The molecule has 1 aromatic rings. The van der Waals surface area contributed by atoms with Crippen molar-refractivity contribution >= 4 is 5.97 Å². The molecule has 4 N–H and O–H groups in total. The second kappa shape index (κ2) is 4.65. The number of aromatic hydroxyl groups is 2. The van der Waals surface area contributed by atoms with Crippen molar-refractivity contribution in [1.29, 1.82) is 0 Å². The van der Waals surface area contributed by atoms with E-state index < -0.39 is 24.1 Å². The second-order valence-corrected chi connectivity index (χ2v) is 2.84. The Morgan fingerprint density at radius 1 is 1.67 bits per heavy atom. The first kappa shape index (κ1) is 8.55. The van der Waals surface area contributed by atoms with Gasteiger partial charge in [-0.1, -0.05) is 6.07 Å². The Morgan fingerprint density at radius 2 is 2.33 bits per heavy atom. The minimum absolute atomic E-state index is 0.128. The van der Waals surface area contributed by atoms with Crippen LogP contribution in [0.5, 0.6) is 11.5 Å². The highest BCUT2D eigenvalue weighted by Gasteiger charge is 2.14. The van der Waals surface area contributed by atoms with Gasteiger partial charge in [-0.15, -0.1) is 0 Å². The lowest BCUT2D eigenvalue weighted by atomic mass is 10.1. The summed E-state index contributed by atoms with van der Waals surface area (Å²) in [6.07, 6.45) is -1.44. The molecule has 0 fully saturated rings. The fourth-order valence-electron chi connectivity index (χ4n) is 0.987. The molecule has 0 amide bonds. The van der Waals surface area contributed by atoms with E-state index in [2.05, 4.69) is 4.74 Å². The Bertz CT molecular complexity index is 436. The smallest absolute Gasteiger partial charge is 0.322 e. The maximum absolute atomic E-state index is 11.2. The predicted molar refractivity (Wildman–Crippen MR) is 53.5 cm³/mol. The Balaban J connectivity index is 3.07. The molecule has 0 radical (unpaired) electrons. The average molecular weight is 213 g/mol. The van der Waals surface area contributed by atoms with Gasteiger partial charge in [0.05, 0.1) is 8.48 Å². The molecule has 5 nitrogen and oxygen atoms in total. The van der Waals surface area contributed by atoms with E-state index in [1.165, 1.54) is 6.07 Å². The van der Waals surface area contributed by atoms with Crippen molar-refractivity contribution in [3.05, 3.63) is 23.8 Å². The maximum atomic E-state index is 11.2. The molecule has 5 heteroatoms. The summed E-state index contributed by atoms with van der Waals surface area (Å²) in [5.74, 6) is -1.85. The molecule has 0 saturated heterocycles. The maximum Gasteiger partial charge on any atom is 0.322 e. The van der Waals surface area contributed by atoms with Crippen LogP contribution in [0.4, 0.5) is 0 Å². The normalized spacial score (nSPS) is 18.3. The van der Waals surface area contributed by atoms with Crippen LogP contribution < -0.4 is 5.73 Å². The third-order valence-corrected chi connectivity index (χ3v) is 1.74. The van der Waals surface area contributed by atoms with Crippen molar-refractivity contribution in [3.8, 4) is 11.5 Å². The summed E-state index contributed by atoms with van der Waals surface area (Å²) in [5.41, 5.74) is 5.52. The average Bonchev–Trinajstić information content (AvgIpc) is 2.30. The second-order valence-electron chi connectivity index (χ2n) is 2.84. The molecule has 0 aliphatic carbocycles. The van der Waals surface area contributed by atoms with Gasteiger partial charge in [0.15, 0.2) is 11.5 Å². The van der Waals surface area contributed by atoms with E-state index >= 15 is 0 Å². The molecule has 0 bridgehead atoms. The van der Waals surface area contributed by atoms with Crippen LogP contribution in [-0.2, 0) is 15.9 Å². The summed E-state index contributed by atoms with van der Waals surface area (Å²) in [7, 11) is 1.07. The highest BCUT2D eigenvalue weighted by atomic mass is 16.5. The molecule has 0 spiro atoms. The van der Waals surface area contributed by atoms with E-state index in [9.17, 15) is 9.90 Å². The van der Waals surface area contributed by atoms with Crippen LogP contribution in [0.2, 0.25) is 0 Å². The summed E-state index contributed by atoms with van der Waals surface area (Å²) in [6, 6.07) is 1.25. The molecule has 15 heavy (non-hydrogen) atoms. The van der Waals surface area contributed by atoms with Gasteiger partial charge in [0.25, 0.3) is 0 Å². The first-order valence-electron chi connectivity index (χ1n) is 5.20. The number of esters is 1. The van der Waals surface area contributed by atoms with Gasteiger partial charge in [-0.3, -0.25) is 4.79 Å². The number of phenols is 2. The molecular weight excluding hydrogens is 198 g/mol. The van der Waals surface area contributed by atoms with Crippen LogP contribution in [0, 0.1) is 0 Å². The van der Waals surface area contributed by atoms with Crippen LogP contribution in [0.1, 0.15) is 8.30 Å². The minimum Gasteiger partial charge on any atom is -0.504 e. The third kappa shape index (κ3) is 2.85. The zero-order valence-electron chi connectivity index (χ0n) is 10.1. The topological polar surface area (TPSA) is 92.8 Å². The van der Waals surface area contributed by atoms with Crippen molar-refractivity contribution in [2.75, 3.05) is 7.11 Å². The number of rotatable bonds is 3. The molecule has 0 unspecified atom stereocenters. The van der Waals surface area contributed by atoms with Gasteiger partial charge >= 0.3 is 5.97 Å². The third-order valence-electron chi connectivity index (χ3n) is 1.74. The lowest BCUT2D eigenvalue weighted by Crippen LogP contribution is -2.33. The SMILES string of the molecule is [2H][C@@H](c1ccc(O)c(O)c1)[C@@]([2H])(N)C(=O)OC. The van der Waals surface area contributed by atoms with Crippen LogP contribution in [0.25, 0.3) is 0 Å². The zero-order valence-corrected chi connectivity index (χ0v) is 8.10. The van der Waals surface area contributed by atoms with Crippen molar-refractivity contribution < 1.29 is 22.5 Å². The molecule has 0 saturated carbocycles. The molecule has 0 aromatic heterocycles. The molecular formula is C10H13NO4. The van der Waals surface area contributed by atoms with Gasteiger partial charge in [-0.25, -0.2) is 0 Å². The number of methoxy groups -OCH3 is 1. The number of phenolic OH excluding ortho intramolecular Hbond substituents is 2. The number of hydrogen-bond acceptors (Lipinski definition) is 5. The van der Waals surface area contributed by atoms with E-state index in [1.807, 2.05) is 0 Å². The summed E-state index contributed by atoms with van der Waals surface area (Å²) in [6.45, 7) is 0. The summed E-state index contributed by atoms with van der Waals surface area (Å²) >= 11 is 0. The highest BCUT2D eigenvalue weighted by Crippen LogP contribution is 2.25. The Kier molecular flexibility index (Phi) is 2.65. The van der Waals surface area contributed by atoms with Crippen molar-refractivity contribution in [2.24, 2.45) is 5.73 Å². The standard InChI is InChI=1S/C10H13NO4/c1-15-10(14)7(11)4-6-2-3-8(12)9(13)5-6/h2-3,5,7,12-13H,4,11H2,1H3/t7-/m1/s1/i4D,7D/t4-,7+/m0. The van der Waals surface area contributed by atoms with Crippen LogP contribution in [0.15, 0.2) is 18.2 Å². The molecule has 0 aliphatic heterocycles.